The summed E-state index contributed by atoms with van der Waals surface area (Å²) in [5.74, 6) is 0.222. The number of benzene rings is 3. The van der Waals surface area contributed by atoms with Gasteiger partial charge in [0.15, 0.2) is 5.65 Å². The van der Waals surface area contributed by atoms with Crippen molar-refractivity contribution in [3.8, 4) is 11.1 Å². The fourth-order valence-electron chi connectivity index (χ4n) is 4.42. The van der Waals surface area contributed by atoms with Crippen LogP contribution in [0, 0.1) is 20.8 Å². The summed E-state index contributed by atoms with van der Waals surface area (Å²) in [5.41, 5.74) is 8.98. The zero-order chi connectivity index (χ0) is 25.1. The third-order valence-corrected chi connectivity index (χ3v) is 7.22. The fourth-order valence-corrected chi connectivity index (χ4v) is 5.40. The Kier molecular flexibility index (Phi) is 6.87. The summed E-state index contributed by atoms with van der Waals surface area (Å²) in [5, 5.41) is 8.88. The van der Waals surface area contributed by atoms with Crippen LogP contribution in [0.15, 0.2) is 90.0 Å². The van der Waals surface area contributed by atoms with Crippen molar-refractivity contribution in [1.82, 2.24) is 14.6 Å². The minimum absolute atomic E-state index is 0.0500. The summed E-state index contributed by atoms with van der Waals surface area (Å²) in [7, 11) is 0. The molecule has 2 aromatic heterocycles. The highest BCUT2D eigenvalue weighted by atomic mass is 32.2. The molecule has 36 heavy (non-hydrogen) atoms. The van der Waals surface area contributed by atoms with Gasteiger partial charge in [0.1, 0.15) is 5.03 Å². The van der Waals surface area contributed by atoms with Crippen LogP contribution in [0.3, 0.4) is 0 Å². The number of thioether (sulfide) groups is 1. The van der Waals surface area contributed by atoms with Gasteiger partial charge in [-0.3, -0.25) is 4.79 Å². The Bertz CT molecular complexity index is 1530. The van der Waals surface area contributed by atoms with Crippen molar-refractivity contribution in [1.29, 1.82) is 0 Å². The molecule has 6 heteroatoms. The molecule has 0 saturated heterocycles. The molecule has 180 valence electrons. The molecule has 0 radical (unpaired) electrons. The van der Waals surface area contributed by atoms with Gasteiger partial charge in [0, 0.05) is 28.9 Å². The van der Waals surface area contributed by atoms with Crippen LogP contribution in [0.2, 0.25) is 0 Å². The minimum atomic E-state index is -0.0500. The average molecular weight is 493 g/mol. The molecule has 2 heterocycles. The lowest BCUT2D eigenvalue weighted by atomic mass is 10.0. The van der Waals surface area contributed by atoms with Crippen molar-refractivity contribution in [2.45, 2.75) is 32.2 Å². The predicted octanol–water partition coefficient (Wildman–Crippen LogP) is 6.64. The summed E-state index contributed by atoms with van der Waals surface area (Å²) < 4.78 is 1.92. The molecule has 0 aliphatic heterocycles. The van der Waals surface area contributed by atoms with Crippen LogP contribution in [0.1, 0.15) is 28.1 Å². The van der Waals surface area contributed by atoms with E-state index in [2.05, 4.69) is 29.6 Å². The number of amides is 1. The van der Waals surface area contributed by atoms with E-state index in [0.29, 0.717) is 0 Å². The molecule has 0 aliphatic rings. The first-order chi connectivity index (χ1) is 17.5. The third kappa shape index (κ3) is 5.04. The van der Waals surface area contributed by atoms with Gasteiger partial charge in [-0.25, -0.2) is 9.50 Å². The topological polar surface area (TPSA) is 59.3 Å². The van der Waals surface area contributed by atoms with Crippen LogP contribution in [-0.2, 0) is 11.2 Å². The number of aryl methyl sites for hydroxylation is 3. The number of hydrogen-bond donors (Lipinski definition) is 1. The van der Waals surface area contributed by atoms with E-state index in [-0.39, 0.29) is 11.7 Å². The molecule has 5 rings (SSSR count). The van der Waals surface area contributed by atoms with Crippen molar-refractivity contribution >= 4 is 29.0 Å². The number of carbonyl (C=O) groups excluding carboxylic acids is 1. The van der Waals surface area contributed by atoms with Gasteiger partial charge in [-0.2, -0.15) is 5.10 Å². The van der Waals surface area contributed by atoms with E-state index in [0.717, 1.165) is 56.4 Å². The van der Waals surface area contributed by atoms with E-state index in [9.17, 15) is 4.79 Å². The lowest BCUT2D eigenvalue weighted by Gasteiger charge is -2.15. The largest absolute Gasteiger partial charge is 0.325 e. The van der Waals surface area contributed by atoms with Gasteiger partial charge in [-0.05, 0) is 49.6 Å². The molecule has 1 amide bonds. The van der Waals surface area contributed by atoms with Crippen LogP contribution in [0.5, 0.6) is 0 Å². The Morgan fingerprint density at radius 2 is 1.61 bits per heavy atom. The van der Waals surface area contributed by atoms with Crippen molar-refractivity contribution in [2.75, 3.05) is 11.1 Å². The molecular weight excluding hydrogens is 464 g/mol. The number of anilines is 1. The van der Waals surface area contributed by atoms with Gasteiger partial charge in [0.2, 0.25) is 5.91 Å². The first kappa shape index (κ1) is 23.8. The van der Waals surface area contributed by atoms with E-state index in [1.165, 1.54) is 17.3 Å². The smallest absolute Gasteiger partial charge is 0.234 e. The van der Waals surface area contributed by atoms with Crippen molar-refractivity contribution in [3.63, 3.8) is 0 Å². The maximum Gasteiger partial charge on any atom is 0.234 e. The van der Waals surface area contributed by atoms with Gasteiger partial charge in [0.25, 0.3) is 0 Å². The zero-order valence-corrected chi connectivity index (χ0v) is 21.5. The summed E-state index contributed by atoms with van der Waals surface area (Å²) in [6.45, 7) is 6.08. The third-order valence-electron chi connectivity index (χ3n) is 6.12. The molecule has 3 aromatic carbocycles. The lowest BCUT2D eigenvalue weighted by Crippen LogP contribution is -2.15. The van der Waals surface area contributed by atoms with Crippen LogP contribution < -0.4 is 5.32 Å². The van der Waals surface area contributed by atoms with Crippen molar-refractivity contribution in [3.05, 3.63) is 113 Å². The van der Waals surface area contributed by atoms with Gasteiger partial charge in [-0.15, -0.1) is 0 Å². The maximum absolute atomic E-state index is 12.9. The van der Waals surface area contributed by atoms with Crippen molar-refractivity contribution < 1.29 is 4.79 Å². The van der Waals surface area contributed by atoms with Gasteiger partial charge >= 0.3 is 0 Å². The van der Waals surface area contributed by atoms with Crippen LogP contribution in [-0.4, -0.2) is 26.3 Å². The Labute approximate surface area is 215 Å². The summed E-state index contributed by atoms with van der Waals surface area (Å²) in [6.07, 6.45) is 0.719. The molecule has 0 spiro atoms. The van der Waals surface area contributed by atoms with Crippen LogP contribution >= 0.6 is 11.8 Å². The molecule has 5 aromatic rings. The molecule has 1 N–H and O–H groups in total. The molecule has 0 atom stereocenters. The maximum atomic E-state index is 12.9. The van der Waals surface area contributed by atoms with E-state index in [4.69, 9.17) is 10.1 Å². The Balaban J connectivity index is 1.55. The highest BCUT2D eigenvalue weighted by Gasteiger charge is 2.21. The summed E-state index contributed by atoms with van der Waals surface area (Å²) >= 11 is 1.51. The number of nitrogens with one attached hydrogen (secondary N) is 1. The number of nitrogens with zero attached hydrogens (tertiary/aromatic N) is 3. The standard InChI is InChI=1S/C30H28N4OS/c1-20-11-10-16-25(17-20)32-27(35)19-36-30-26(18-23-12-6-4-7-13-23)21(2)31-29-28(22(3)33-34(29)30)24-14-8-5-9-15-24/h4-17H,18-19H2,1-3H3,(H,32,35). The van der Waals surface area contributed by atoms with Crippen molar-refractivity contribution in [2.24, 2.45) is 0 Å². The highest BCUT2D eigenvalue weighted by molar-refractivity contribution is 8.00. The first-order valence-corrected chi connectivity index (χ1v) is 13.0. The second kappa shape index (κ2) is 10.4. The molecular formula is C30H28N4OS. The molecule has 0 saturated carbocycles. The molecule has 0 fully saturated rings. The van der Waals surface area contributed by atoms with Gasteiger partial charge in [0.05, 0.1) is 11.4 Å². The van der Waals surface area contributed by atoms with E-state index in [1.807, 2.05) is 86.0 Å². The zero-order valence-electron chi connectivity index (χ0n) is 20.7. The fraction of sp³-hybridized carbons (Fsp3) is 0.167. The van der Waals surface area contributed by atoms with Gasteiger partial charge in [-0.1, -0.05) is 84.6 Å². The number of carbonyl (C=O) groups is 1. The van der Waals surface area contributed by atoms with E-state index in [1.54, 1.807) is 0 Å². The average Bonchev–Trinajstić information content (AvgIpc) is 3.20. The molecule has 0 aliphatic carbocycles. The second-order valence-corrected chi connectivity index (χ2v) is 9.88. The minimum Gasteiger partial charge on any atom is -0.325 e. The van der Waals surface area contributed by atoms with Crippen LogP contribution in [0.25, 0.3) is 16.8 Å². The van der Waals surface area contributed by atoms with Crippen LogP contribution in [0.4, 0.5) is 5.69 Å². The molecule has 5 nitrogen and oxygen atoms in total. The number of hydrogen-bond acceptors (Lipinski definition) is 4. The Morgan fingerprint density at radius 1 is 0.889 bits per heavy atom. The quantitative estimate of drug-likeness (QED) is 0.204. The Morgan fingerprint density at radius 3 is 2.33 bits per heavy atom. The predicted molar refractivity (Wildman–Crippen MR) is 148 cm³/mol. The lowest BCUT2D eigenvalue weighted by molar-refractivity contribution is -0.113. The SMILES string of the molecule is Cc1cccc(NC(=O)CSc2c(Cc3ccccc3)c(C)nc3c(-c4ccccc4)c(C)nn23)c1. The number of aromatic nitrogens is 3. The normalized spacial score (nSPS) is 11.1. The van der Waals surface area contributed by atoms with E-state index < -0.39 is 0 Å². The summed E-state index contributed by atoms with van der Waals surface area (Å²) in [6, 6.07) is 28.4. The number of fused-ring (bicyclic) bond motifs is 1. The van der Waals surface area contributed by atoms with E-state index >= 15 is 0 Å². The van der Waals surface area contributed by atoms with Gasteiger partial charge < -0.3 is 5.32 Å². The molecule has 0 bridgehead atoms. The number of rotatable bonds is 7. The summed E-state index contributed by atoms with van der Waals surface area (Å²) in [4.78, 5) is 17.9. The Hall–Kier alpha value is -3.90. The molecule has 0 unspecified atom stereocenters. The second-order valence-electron chi connectivity index (χ2n) is 8.91. The monoisotopic (exact) mass is 492 g/mol. The highest BCUT2D eigenvalue weighted by Crippen LogP contribution is 2.33. The first-order valence-electron chi connectivity index (χ1n) is 12.0.